The van der Waals surface area contributed by atoms with Crippen LogP contribution in [0.2, 0.25) is 4.47 Å². The largest absolute Gasteiger partial charge is 0.328 e. The predicted octanol–water partition coefficient (Wildman–Crippen LogP) is 2.35. The number of rotatable bonds is 1. The minimum Gasteiger partial charge on any atom is -0.328 e. The van der Waals surface area contributed by atoms with Crippen LogP contribution in [0, 0.1) is 0 Å². The average Bonchev–Trinajstić information content (AvgIpc) is 2.93. The van der Waals surface area contributed by atoms with Gasteiger partial charge in [-0.3, -0.25) is 4.79 Å². The highest BCUT2D eigenvalue weighted by molar-refractivity contribution is 7.17. The van der Waals surface area contributed by atoms with Crippen LogP contribution in [0.25, 0.3) is 0 Å². The minimum atomic E-state index is -0.106. The molecule has 1 aliphatic rings. The smallest absolute Gasteiger partial charge is 0.285 e. The molecule has 0 fully saturated rings. The second-order valence-electron chi connectivity index (χ2n) is 3.79. The van der Waals surface area contributed by atoms with Gasteiger partial charge in [0.15, 0.2) is 0 Å². The van der Waals surface area contributed by atoms with E-state index in [0.29, 0.717) is 22.6 Å². The van der Waals surface area contributed by atoms with Crippen LogP contribution in [0.4, 0.5) is 0 Å². The molecule has 2 aromatic rings. The van der Waals surface area contributed by atoms with Crippen LogP contribution in [0.15, 0.2) is 24.3 Å². The second-order valence-corrected chi connectivity index (χ2v) is 5.35. The Balaban J connectivity index is 1.83. The van der Waals surface area contributed by atoms with E-state index in [4.69, 9.17) is 11.6 Å². The molecule has 1 aromatic carbocycles. The summed E-state index contributed by atoms with van der Waals surface area (Å²) >= 11 is 6.79. The van der Waals surface area contributed by atoms with Gasteiger partial charge >= 0.3 is 0 Å². The minimum absolute atomic E-state index is 0.106. The Hall–Kier alpha value is -1.46. The van der Waals surface area contributed by atoms with Gasteiger partial charge in [0.1, 0.15) is 0 Å². The fraction of sp³-hybridized carbons (Fsp3) is 0.182. The topological polar surface area (TPSA) is 46.1 Å². The third-order valence-electron chi connectivity index (χ3n) is 2.71. The highest BCUT2D eigenvalue weighted by Crippen LogP contribution is 2.25. The molecular formula is C11H8ClN3OS. The van der Waals surface area contributed by atoms with Gasteiger partial charge in [0.25, 0.3) is 5.91 Å². The molecule has 1 aromatic heterocycles. The summed E-state index contributed by atoms with van der Waals surface area (Å²) in [7, 11) is 0. The van der Waals surface area contributed by atoms with Gasteiger partial charge in [-0.25, -0.2) is 0 Å². The first-order valence-electron chi connectivity index (χ1n) is 5.09. The summed E-state index contributed by atoms with van der Waals surface area (Å²) in [5.41, 5.74) is 2.38. The number of halogens is 1. The van der Waals surface area contributed by atoms with Crippen LogP contribution in [-0.2, 0) is 13.1 Å². The van der Waals surface area contributed by atoms with Gasteiger partial charge in [-0.2, -0.15) is 0 Å². The van der Waals surface area contributed by atoms with E-state index in [1.807, 2.05) is 24.3 Å². The third-order valence-corrected chi connectivity index (χ3v) is 3.72. The highest BCUT2D eigenvalue weighted by Gasteiger charge is 2.26. The molecule has 0 spiro atoms. The molecule has 0 N–H and O–H groups in total. The number of aromatic nitrogens is 2. The van der Waals surface area contributed by atoms with Crippen molar-refractivity contribution in [3.8, 4) is 0 Å². The number of carbonyl (C=O) groups is 1. The molecule has 0 saturated heterocycles. The number of hydrogen-bond donors (Lipinski definition) is 0. The van der Waals surface area contributed by atoms with Crippen molar-refractivity contribution in [2.24, 2.45) is 0 Å². The summed E-state index contributed by atoms with van der Waals surface area (Å²) in [6.45, 7) is 1.26. The Bertz CT molecular complexity index is 559. The van der Waals surface area contributed by atoms with Crippen LogP contribution in [-0.4, -0.2) is 21.0 Å². The summed E-state index contributed by atoms with van der Waals surface area (Å²) < 4.78 is 0.296. The molecule has 3 rings (SSSR count). The average molecular weight is 266 g/mol. The van der Waals surface area contributed by atoms with Crippen molar-refractivity contribution < 1.29 is 4.79 Å². The third kappa shape index (κ3) is 1.92. The maximum Gasteiger partial charge on any atom is 0.285 e. The number of amides is 1. The lowest BCUT2D eigenvalue weighted by atomic mass is 10.1. The van der Waals surface area contributed by atoms with Crippen LogP contribution in [0.5, 0.6) is 0 Å². The fourth-order valence-electron chi connectivity index (χ4n) is 1.90. The summed E-state index contributed by atoms with van der Waals surface area (Å²) in [5, 5.41) is 7.76. The lowest BCUT2D eigenvalue weighted by Gasteiger charge is -2.12. The molecule has 4 nitrogen and oxygen atoms in total. The Labute approximate surface area is 107 Å². The number of hydrogen-bond acceptors (Lipinski definition) is 4. The zero-order chi connectivity index (χ0) is 11.8. The number of nitrogens with zero attached hydrogens (tertiary/aromatic N) is 3. The number of benzene rings is 1. The van der Waals surface area contributed by atoms with E-state index >= 15 is 0 Å². The van der Waals surface area contributed by atoms with Crippen LogP contribution in [0.3, 0.4) is 0 Å². The summed E-state index contributed by atoms with van der Waals surface area (Å²) in [4.78, 5) is 13.9. The molecule has 86 valence electrons. The maximum atomic E-state index is 12.1. The van der Waals surface area contributed by atoms with Gasteiger partial charge in [0.05, 0.1) is 0 Å². The Morgan fingerprint density at radius 1 is 1.24 bits per heavy atom. The van der Waals surface area contributed by atoms with E-state index in [1.165, 1.54) is 11.1 Å². The monoisotopic (exact) mass is 265 g/mol. The van der Waals surface area contributed by atoms with Gasteiger partial charge in [-0.05, 0) is 22.7 Å². The molecule has 0 unspecified atom stereocenters. The Morgan fingerprint density at radius 2 is 1.88 bits per heavy atom. The molecule has 1 amide bonds. The zero-order valence-electron chi connectivity index (χ0n) is 8.76. The Morgan fingerprint density at radius 3 is 2.41 bits per heavy atom. The molecule has 0 radical (unpaired) electrons. The summed E-state index contributed by atoms with van der Waals surface area (Å²) in [5.74, 6) is -0.106. The molecule has 2 heterocycles. The van der Waals surface area contributed by atoms with E-state index < -0.39 is 0 Å². The first kappa shape index (κ1) is 10.7. The fourth-order valence-corrected chi connectivity index (χ4v) is 2.70. The first-order chi connectivity index (χ1) is 8.24. The lowest BCUT2D eigenvalue weighted by molar-refractivity contribution is 0.0750. The second kappa shape index (κ2) is 4.09. The van der Waals surface area contributed by atoms with Crippen molar-refractivity contribution in [2.45, 2.75) is 13.1 Å². The normalized spacial score (nSPS) is 13.8. The van der Waals surface area contributed by atoms with Crippen LogP contribution in [0.1, 0.15) is 20.9 Å². The molecular weight excluding hydrogens is 258 g/mol. The van der Waals surface area contributed by atoms with Crippen LogP contribution < -0.4 is 0 Å². The van der Waals surface area contributed by atoms with Crippen molar-refractivity contribution >= 4 is 28.8 Å². The quantitative estimate of drug-likeness (QED) is 0.795. The lowest BCUT2D eigenvalue weighted by Crippen LogP contribution is -2.25. The molecule has 17 heavy (non-hydrogen) atoms. The molecule has 0 atom stereocenters. The van der Waals surface area contributed by atoms with Gasteiger partial charge in [0, 0.05) is 13.1 Å². The molecule has 0 saturated carbocycles. The SMILES string of the molecule is O=C(c1nnc(Cl)s1)N1Cc2ccccc2C1. The highest BCUT2D eigenvalue weighted by atomic mass is 35.5. The molecule has 0 bridgehead atoms. The molecule has 0 aliphatic carbocycles. The summed E-state index contributed by atoms with van der Waals surface area (Å²) in [6.07, 6.45) is 0. The Kier molecular flexibility index (Phi) is 2.57. The number of carbonyl (C=O) groups excluding carboxylic acids is 1. The first-order valence-corrected chi connectivity index (χ1v) is 6.28. The number of fused-ring (bicyclic) bond motifs is 1. The van der Waals surface area contributed by atoms with Crippen LogP contribution >= 0.6 is 22.9 Å². The van der Waals surface area contributed by atoms with E-state index in [1.54, 1.807) is 4.90 Å². The van der Waals surface area contributed by atoms with Crippen molar-refractivity contribution in [1.29, 1.82) is 0 Å². The van der Waals surface area contributed by atoms with E-state index in [2.05, 4.69) is 10.2 Å². The van der Waals surface area contributed by atoms with E-state index in [9.17, 15) is 4.79 Å². The van der Waals surface area contributed by atoms with Crippen molar-refractivity contribution in [3.05, 3.63) is 44.9 Å². The maximum absolute atomic E-state index is 12.1. The van der Waals surface area contributed by atoms with Gasteiger partial charge < -0.3 is 4.90 Å². The standard InChI is InChI=1S/C11H8ClN3OS/c12-11-14-13-9(17-11)10(16)15-5-7-3-1-2-4-8(7)6-15/h1-4H,5-6H2. The van der Waals surface area contributed by atoms with Crippen molar-refractivity contribution in [1.82, 2.24) is 15.1 Å². The molecule has 6 heteroatoms. The van der Waals surface area contributed by atoms with Gasteiger partial charge in [0.2, 0.25) is 9.47 Å². The van der Waals surface area contributed by atoms with E-state index in [-0.39, 0.29) is 5.91 Å². The predicted molar refractivity (Wildman–Crippen MR) is 64.9 cm³/mol. The zero-order valence-corrected chi connectivity index (χ0v) is 10.3. The van der Waals surface area contributed by atoms with E-state index in [0.717, 1.165) is 11.3 Å². The van der Waals surface area contributed by atoms with Crippen molar-refractivity contribution in [2.75, 3.05) is 0 Å². The van der Waals surface area contributed by atoms with Crippen molar-refractivity contribution in [3.63, 3.8) is 0 Å². The summed E-state index contributed by atoms with van der Waals surface area (Å²) in [6, 6.07) is 8.04. The van der Waals surface area contributed by atoms with Gasteiger partial charge in [-0.1, -0.05) is 35.6 Å². The molecule has 1 aliphatic heterocycles. The van der Waals surface area contributed by atoms with Gasteiger partial charge in [-0.15, -0.1) is 10.2 Å².